The first-order valence-corrected chi connectivity index (χ1v) is 3.07. The molecule has 0 saturated heterocycles. The maximum absolute atomic E-state index is 5.32. The van der Waals surface area contributed by atoms with Crippen LogP contribution in [-0.4, -0.2) is 4.98 Å². The van der Waals surface area contributed by atoms with Gasteiger partial charge in [0.05, 0.1) is 5.35 Å². The summed E-state index contributed by atoms with van der Waals surface area (Å²) in [5, 5.41) is 1.82. The molecule has 10 heavy (non-hydrogen) atoms. The topological polar surface area (TPSA) is 67.8 Å². The number of nitrogens with one attached hydrogen (secondary N) is 1. The van der Waals surface area contributed by atoms with Gasteiger partial charge in [-0.25, -0.2) is 0 Å². The largest absolute Gasteiger partial charge is 0.404 e. The molecular formula is C7H11N3. The monoisotopic (exact) mass is 137 g/mol. The van der Waals surface area contributed by atoms with Crippen molar-refractivity contribution in [2.75, 3.05) is 0 Å². The van der Waals surface area contributed by atoms with Gasteiger partial charge in [0, 0.05) is 23.3 Å². The van der Waals surface area contributed by atoms with Crippen molar-refractivity contribution in [3.05, 3.63) is 22.3 Å². The average molecular weight is 137 g/mol. The maximum Gasteiger partial charge on any atom is 0.0628 e. The second-order valence-electron chi connectivity index (χ2n) is 2.15. The Balaban J connectivity index is 3.53. The van der Waals surface area contributed by atoms with E-state index in [0.29, 0.717) is 0 Å². The molecule has 54 valence electrons. The average Bonchev–Trinajstić information content (AvgIpc) is 2.30. The zero-order valence-electron chi connectivity index (χ0n) is 5.89. The number of nitrogens with two attached hydrogens (primary N) is 2. The summed E-state index contributed by atoms with van der Waals surface area (Å²) in [6.45, 7) is 1.96. The molecule has 1 aromatic rings. The first kappa shape index (κ1) is 6.74. The number of H-pyrrole nitrogens is 1. The molecule has 0 aliphatic heterocycles. The standard InChI is InChI=1S/C7H11N3/c1-5-2-6(3-8)7(4-9)10-5/h2-4,10H,8-9H2,1H3/b6-3-,7-4+. The third-order valence-electron chi connectivity index (χ3n) is 1.36. The lowest BCUT2D eigenvalue weighted by Crippen LogP contribution is -2.24. The molecule has 0 aliphatic carbocycles. The highest BCUT2D eigenvalue weighted by Gasteiger charge is 1.86. The molecule has 0 saturated carbocycles. The minimum absolute atomic E-state index is 0.875. The van der Waals surface area contributed by atoms with Crippen molar-refractivity contribution in [1.29, 1.82) is 0 Å². The lowest BCUT2D eigenvalue weighted by molar-refractivity contribution is 1.21. The van der Waals surface area contributed by atoms with Crippen LogP contribution in [0.25, 0.3) is 12.4 Å². The van der Waals surface area contributed by atoms with E-state index in [1.54, 1.807) is 0 Å². The third-order valence-corrected chi connectivity index (χ3v) is 1.36. The van der Waals surface area contributed by atoms with Crippen LogP contribution in [0.15, 0.2) is 6.07 Å². The van der Waals surface area contributed by atoms with Gasteiger partial charge in [0.2, 0.25) is 0 Å². The van der Waals surface area contributed by atoms with Crippen molar-refractivity contribution in [2.45, 2.75) is 6.92 Å². The predicted octanol–water partition coefficient (Wildman–Crippen LogP) is -1.28. The van der Waals surface area contributed by atoms with E-state index in [0.717, 1.165) is 16.3 Å². The highest BCUT2D eigenvalue weighted by atomic mass is 14.7. The molecule has 0 amide bonds. The molecule has 1 aromatic heterocycles. The molecule has 0 aromatic carbocycles. The molecule has 5 N–H and O–H groups in total. The number of rotatable bonds is 0. The second kappa shape index (κ2) is 2.47. The van der Waals surface area contributed by atoms with Crippen LogP contribution in [0.5, 0.6) is 0 Å². The van der Waals surface area contributed by atoms with Crippen molar-refractivity contribution < 1.29 is 0 Å². The van der Waals surface area contributed by atoms with E-state index in [9.17, 15) is 0 Å². The first-order chi connectivity index (χ1) is 4.77. The lowest BCUT2D eigenvalue weighted by atomic mass is 10.4. The Morgan fingerprint density at radius 1 is 1.40 bits per heavy atom. The fourth-order valence-electron chi connectivity index (χ4n) is 0.907. The van der Waals surface area contributed by atoms with Crippen molar-refractivity contribution >= 4 is 12.4 Å². The Morgan fingerprint density at radius 2 is 2.10 bits per heavy atom. The Labute approximate surface area is 59.0 Å². The van der Waals surface area contributed by atoms with Gasteiger partial charge in [0.25, 0.3) is 0 Å². The van der Waals surface area contributed by atoms with Crippen LogP contribution < -0.4 is 22.0 Å². The second-order valence-corrected chi connectivity index (χ2v) is 2.15. The van der Waals surface area contributed by atoms with Gasteiger partial charge in [-0.1, -0.05) is 0 Å². The van der Waals surface area contributed by atoms with E-state index in [2.05, 4.69) is 4.98 Å². The number of hydrogen-bond acceptors (Lipinski definition) is 2. The molecule has 0 spiro atoms. The number of aryl methyl sites for hydroxylation is 1. The van der Waals surface area contributed by atoms with Crippen molar-refractivity contribution in [3.8, 4) is 0 Å². The van der Waals surface area contributed by atoms with E-state index in [-0.39, 0.29) is 0 Å². The normalized spacial score (nSPS) is 14.5. The minimum atomic E-state index is 0.875. The van der Waals surface area contributed by atoms with Crippen LogP contribution in [-0.2, 0) is 0 Å². The van der Waals surface area contributed by atoms with Gasteiger partial charge in [-0.2, -0.15) is 0 Å². The zero-order chi connectivity index (χ0) is 7.56. The molecule has 0 aliphatic rings. The van der Waals surface area contributed by atoms with Crippen LogP contribution in [0.2, 0.25) is 0 Å². The molecule has 0 atom stereocenters. The molecule has 0 unspecified atom stereocenters. The van der Waals surface area contributed by atoms with Crippen LogP contribution in [0.1, 0.15) is 5.69 Å². The van der Waals surface area contributed by atoms with Gasteiger partial charge < -0.3 is 16.5 Å². The zero-order valence-corrected chi connectivity index (χ0v) is 5.89. The molecule has 0 bridgehead atoms. The SMILES string of the molecule is Cc1cc(=C/N)/c(=C\N)[nH]1. The maximum atomic E-state index is 5.32. The summed E-state index contributed by atoms with van der Waals surface area (Å²) in [6, 6.07) is 1.94. The molecule has 0 radical (unpaired) electrons. The Bertz CT molecular complexity index is 290. The summed E-state index contributed by atoms with van der Waals surface area (Å²) in [4.78, 5) is 3.05. The van der Waals surface area contributed by atoms with Crippen LogP contribution in [0.4, 0.5) is 0 Å². The summed E-state index contributed by atoms with van der Waals surface area (Å²) in [5.41, 5.74) is 11.7. The third kappa shape index (κ3) is 0.978. The molecule has 3 nitrogen and oxygen atoms in total. The lowest BCUT2D eigenvalue weighted by Gasteiger charge is -1.75. The van der Waals surface area contributed by atoms with E-state index in [1.807, 2.05) is 13.0 Å². The summed E-state index contributed by atoms with van der Waals surface area (Å²) in [6.07, 6.45) is 3.04. The van der Waals surface area contributed by atoms with E-state index >= 15 is 0 Å². The smallest absolute Gasteiger partial charge is 0.0628 e. The van der Waals surface area contributed by atoms with Gasteiger partial charge in [0.15, 0.2) is 0 Å². The van der Waals surface area contributed by atoms with Crippen LogP contribution in [0, 0.1) is 6.92 Å². The first-order valence-electron chi connectivity index (χ1n) is 3.07. The summed E-state index contributed by atoms with van der Waals surface area (Å²) in [5.74, 6) is 0. The van der Waals surface area contributed by atoms with E-state index in [4.69, 9.17) is 11.5 Å². The molecule has 0 fully saturated rings. The Hall–Kier alpha value is -1.38. The summed E-state index contributed by atoms with van der Waals surface area (Å²) >= 11 is 0. The van der Waals surface area contributed by atoms with E-state index < -0.39 is 0 Å². The predicted molar refractivity (Wildman–Crippen MR) is 42.1 cm³/mol. The molecule has 1 rings (SSSR count). The van der Waals surface area contributed by atoms with Gasteiger partial charge in [-0.05, 0) is 13.0 Å². The number of aromatic amines is 1. The number of aromatic nitrogens is 1. The van der Waals surface area contributed by atoms with Crippen molar-refractivity contribution in [3.63, 3.8) is 0 Å². The fraction of sp³-hybridized carbons (Fsp3) is 0.143. The summed E-state index contributed by atoms with van der Waals surface area (Å²) in [7, 11) is 0. The minimum Gasteiger partial charge on any atom is -0.404 e. The van der Waals surface area contributed by atoms with Gasteiger partial charge in [-0.3, -0.25) is 0 Å². The van der Waals surface area contributed by atoms with Gasteiger partial charge in [-0.15, -0.1) is 0 Å². The van der Waals surface area contributed by atoms with Crippen molar-refractivity contribution in [1.82, 2.24) is 4.98 Å². The molecule has 1 heterocycles. The number of hydrogen-bond donors (Lipinski definition) is 3. The highest BCUT2D eigenvalue weighted by molar-refractivity contribution is 5.26. The van der Waals surface area contributed by atoms with Crippen LogP contribution >= 0.6 is 0 Å². The van der Waals surface area contributed by atoms with E-state index in [1.165, 1.54) is 12.4 Å². The van der Waals surface area contributed by atoms with Gasteiger partial charge >= 0.3 is 0 Å². The molecular weight excluding hydrogens is 126 g/mol. The van der Waals surface area contributed by atoms with Crippen LogP contribution in [0.3, 0.4) is 0 Å². The molecule has 3 heteroatoms. The Morgan fingerprint density at radius 3 is 2.50 bits per heavy atom. The summed E-state index contributed by atoms with van der Waals surface area (Å²) < 4.78 is 0. The highest BCUT2D eigenvalue weighted by Crippen LogP contribution is 1.76. The fourth-order valence-corrected chi connectivity index (χ4v) is 0.907. The van der Waals surface area contributed by atoms with Crippen molar-refractivity contribution in [2.24, 2.45) is 11.5 Å². The quantitative estimate of drug-likeness (QED) is 0.417. The Kier molecular flexibility index (Phi) is 1.67. The van der Waals surface area contributed by atoms with Gasteiger partial charge in [0.1, 0.15) is 0 Å².